The molecule has 0 bridgehead atoms. The molecule has 0 saturated carbocycles. The molecule has 5 atom stereocenters. The molecule has 1 aromatic heterocycles. The van der Waals surface area contributed by atoms with Crippen molar-refractivity contribution in [2.45, 2.75) is 69.4 Å². The summed E-state index contributed by atoms with van der Waals surface area (Å²) in [5, 5.41) is 12.7. The second kappa shape index (κ2) is 18.1. The second-order valence-electron chi connectivity index (χ2n) is 15.4. The largest absolute Gasteiger partial charge is 0.392 e. The molecule has 1 saturated heterocycles. The Balaban J connectivity index is 1.01. The minimum absolute atomic E-state index is 0.00560. The molecule has 0 unspecified atom stereocenters. The standard InChI is InChI=1S/C49H48N4O6S/c1-33-16-26-41(27-17-33)60(56,57)52-44(28-35-10-4-3-5-11-35)48(55)50-29-40-12-6-7-13-42(40)37-22-24-39(25-23-37)49-58-46(30-53-32-51-43-14-8-9-15-45(43)53)34(2)47(59-49)38-20-18-36(31-54)19-21-38/h3-27,32,34,44,46-47,49,52,54H,28-31H2,1-2H3,(H,50,55)/t34-,44+,46+,47+,49+/m0/s1. The first-order valence-corrected chi connectivity index (χ1v) is 21.6. The van der Waals surface area contributed by atoms with Gasteiger partial charge in [-0.2, -0.15) is 4.72 Å². The van der Waals surface area contributed by atoms with Gasteiger partial charge in [0.05, 0.1) is 47.6 Å². The van der Waals surface area contributed by atoms with Crippen molar-refractivity contribution in [2.75, 3.05) is 0 Å². The van der Waals surface area contributed by atoms with Crippen LogP contribution in [0, 0.1) is 12.8 Å². The molecule has 1 aliphatic heterocycles. The number of benzene rings is 6. The molecule has 0 radical (unpaired) electrons. The van der Waals surface area contributed by atoms with Gasteiger partial charge >= 0.3 is 0 Å². The van der Waals surface area contributed by atoms with E-state index in [-0.39, 0.29) is 42.6 Å². The van der Waals surface area contributed by atoms with Crippen molar-refractivity contribution in [1.82, 2.24) is 19.6 Å². The number of hydrogen-bond donors (Lipinski definition) is 3. The van der Waals surface area contributed by atoms with Gasteiger partial charge in [-0.3, -0.25) is 4.79 Å². The number of aryl methyl sites for hydroxylation is 1. The van der Waals surface area contributed by atoms with E-state index in [2.05, 4.69) is 32.6 Å². The number of aliphatic hydroxyl groups excluding tert-OH is 1. The quantitative estimate of drug-likeness (QED) is 0.101. The number of aliphatic hydroxyl groups is 1. The van der Waals surface area contributed by atoms with Crippen LogP contribution in [-0.2, 0) is 50.4 Å². The highest BCUT2D eigenvalue weighted by atomic mass is 32.2. The Kier molecular flexibility index (Phi) is 12.3. The van der Waals surface area contributed by atoms with Crippen molar-refractivity contribution in [3.05, 3.63) is 191 Å². The number of nitrogens with zero attached hydrogens (tertiary/aromatic N) is 2. The van der Waals surface area contributed by atoms with Crippen LogP contribution in [0.3, 0.4) is 0 Å². The van der Waals surface area contributed by atoms with E-state index in [0.717, 1.165) is 55.5 Å². The first kappa shape index (κ1) is 40.8. The van der Waals surface area contributed by atoms with Gasteiger partial charge in [-0.05, 0) is 71.0 Å². The third-order valence-corrected chi connectivity index (χ3v) is 12.7. The molecule has 3 N–H and O–H groups in total. The number of rotatable bonds is 14. The molecule has 11 heteroatoms. The van der Waals surface area contributed by atoms with Crippen LogP contribution >= 0.6 is 0 Å². The Hall–Kier alpha value is -5.95. The second-order valence-corrected chi connectivity index (χ2v) is 17.1. The maximum atomic E-state index is 13.8. The summed E-state index contributed by atoms with van der Waals surface area (Å²) in [4.78, 5) is 18.5. The molecule has 10 nitrogen and oxygen atoms in total. The lowest BCUT2D eigenvalue weighted by atomic mass is 9.90. The number of amides is 1. The van der Waals surface area contributed by atoms with Gasteiger partial charge < -0.3 is 24.5 Å². The van der Waals surface area contributed by atoms with Crippen LogP contribution in [-0.4, -0.2) is 41.1 Å². The van der Waals surface area contributed by atoms with Gasteiger partial charge in [-0.15, -0.1) is 0 Å². The predicted octanol–water partition coefficient (Wildman–Crippen LogP) is 8.20. The zero-order valence-electron chi connectivity index (χ0n) is 33.5. The smallest absolute Gasteiger partial charge is 0.241 e. The molecular weight excluding hydrogens is 773 g/mol. The van der Waals surface area contributed by atoms with Gasteiger partial charge in [0.25, 0.3) is 0 Å². The lowest BCUT2D eigenvalue weighted by Crippen LogP contribution is -2.47. The number of carbonyl (C=O) groups excluding carboxylic acids is 1. The predicted molar refractivity (Wildman–Crippen MR) is 232 cm³/mol. The average molecular weight is 821 g/mol. The van der Waals surface area contributed by atoms with Crippen LogP contribution in [0.25, 0.3) is 22.2 Å². The van der Waals surface area contributed by atoms with E-state index >= 15 is 0 Å². The topological polar surface area (TPSA) is 132 Å². The lowest BCUT2D eigenvalue weighted by molar-refractivity contribution is -0.276. The number of nitrogens with one attached hydrogen (secondary N) is 2. The molecule has 6 aromatic carbocycles. The lowest BCUT2D eigenvalue weighted by Gasteiger charge is -2.41. The Labute approximate surface area is 350 Å². The molecule has 0 spiro atoms. The van der Waals surface area contributed by atoms with E-state index < -0.39 is 28.3 Å². The summed E-state index contributed by atoms with van der Waals surface area (Å²) in [6.07, 6.45) is 0.905. The average Bonchev–Trinajstić information content (AvgIpc) is 3.69. The molecule has 7 aromatic rings. The zero-order valence-corrected chi connectivity index (χ0v) is 34.3. The SMILES string of the molecule is Cc1ccc(S(=O)(=O)N[C@H](Cc2ccccc2)C(=O)NCc2ccccc2-c2ccc([C@@H]3O[C@H](Cn4cnc5ccccc54)[C@H](C)[C@H](c4ccc(CO)cc4)O3)cc2)cc1. The summed E-state index contributed by atoms with van der Waals surface area (Å²) in [5.41, 5.74) is 9.17. The van der Waals surface area contributed by atoms with Gasteiger partial charge in [-0.25, -0.2) is 13.4 Å². The first-order valence-electron chi connectivity index (χ1n) is 20.1. The third kappa shape index (κ3) is 9.26. The maximum absolute atomic E-state index is 13.8. The summed E-state index contributed by atoms with van der Waals surface area (Å²) in [7, 11) is -3.98. The van der Waals surface area contributed by atoms with Crippen molar-refractivity contribution in [1.29, 1.82) is 0 Å². The Bertz CT molecular complexity index is 2650. The van der Waals surface area contributed by atoms with Crippen LogP contribution in [0.2, 0.25) is 0 Å². The van der Waals surface area contributed by atoms with Crippen molar-refractivity contribution in [2.24, 2.45) is 5.92 Å². The van der Waals surface area contributed by atoms with Crippen LogP contribution < -0.4 is 10.0 Å². The van der Waals surface area contributed by atoms with Crippen LogP contribution in [0.15, 0.2) is 163 Å². The summed E-state index contributed by atoms with van der Waals surface area (Å²) in [6, 6.07) is 46.7. The Morgan fingerprint density at radius 3 is 2.22 bits per heavy atom. The molecule has 1 fully saturated rings. The normalized spacial score (nSPS) is 18.6. The minimum atomic E-state index is -3.98. The minimum Gasteiger partial charge on any atom is -0.392 e. The summed E-state index contributed by atoms with van der Waals surface area (Å²) in [6.45, 7) is 4.77. The molecule has 306 valence electrons. The summed E-state index contributed by atoms with van der Waals surface area (Å²) in [5.74, 6) is -0.437. The maximum Gasteiger partial charge on any atom is 0.241 e. The van der Waals surface area contributed by atoms with Crippen molar-refractivity contribution in [3.63, 3.8) is 0 Å². The number of ether oxygens (including phenoxy) is 2. The molecule has 1 amide bonds. The number of aromatic nitrogens is 2. The van der Waals surface area contributed by atoms with Crippen molar-refractivity contribution < 1.29 is 27.8 Å². The van der Waals surface area contributed by atoms with Crippen molar-refractivity contribution >= 4 is 27.0 Å². The molecule has 1 aliphatic rings. The van der Waals surface area contributed by atoms with Crippen LogP contribution in [0.5, 0.6) is 0 Å². The highest BCUT2D eigenvalue weighted by molar-refractivity contribution is 7.89. The van der Waals surface area contributed by atoms with Gasteiger partial charge in [0, 0.05) is 18.0 Å². The van der Waals surface area contributed by atoms with E-state index in [9.17, 15) is 18.3 Å². The van der Waals surface area contributed by atoms with E-state index in [1.165, 1.54) is 0 Å². The summed E-state index contributed by atoms with van der Waals surface area (Å²) >= 11 is 0. The van der Waals surface area contributed by atoms with E-state index in [1.807, 2.05) is 135 Å². The Morgan fingerprint density at radius 1 is 0.783 bits per heavy atom. The third-order valence-electron chi connectivity index (χ3n) is 11.2. The van der Waals surface area contributed by atoms with Crippen LogP contribution in [0.1, 0.15) is 52.7 Å². The van der Waals surface area contributed by atoms with Gasteiger partial charge in [0.2, 0.25) is 15.9 Å². The van der Waals surface area contributed by atoms with E-state index in [1.54, 1.807) is 24.3 Å². The Morgan fingerprint density at radius 2 is 1.47 bits per heavy atom. The molecule has 2 heterocycles. The fourth-order valence-electron chi connectivity index (χ4n) is 7.77. The van der Waals surface area contributed by atoms with Gasteiger partial charge in [0.1, 0.15) is 6.04 Å². The number of sulfonamides is 1. The number of hydrogen-bond acceptors (Lipinski definition) is 7. The first-order chi connectivity index (χ1) is 29.1. The molecule has 0 aliphatic carbocycles. The molecule has 8 rings (SSSR count). The van der Waals surface area contributed by atoms with Crippen LogP contribution in [0.4, 0.5) is 0 Å². The highest BCUT2D eigenvalue weighted by Crippen LogP contribution is 2.42. The summed E-state index contributed by atoms with van der Waals surface area (Å²) < 4.78 is 45.2. The number of carbonyl (C=O) groups is 1. The van der Waals surface area contributed by atoms with Crippen molar-refractivity contribution in [3.8, 4) is 11.1 Å². The number of para-hydroxylation sites is 2. The van der Waals surface area contributed by atoms with Gasteiger partial charge in [0.15, 0.2) is 6.29 Å². The number of imidazole rings is 1. The zero-order chi connectivity index (χ0) is 41.6. The molecule has 60 heavy (non-hydrogen) atoms. The van der Waals surface area contributed by atoms with Gasteiger partial charge in [-0.1, -0.05) is 140 Å². The fraction of sp³-hybridized carbons (Fsp3) is 0.224. The van der Waals surface area contributed by atoms with E-state index in [0.29, 0.717) is 6.54 Å². The fourth-order valence-corrected chi connectivity index (χ4v) is 8.97. The monoisotopic (exact) mass is 820 g/mol. The molecular formula is C49H48N4O6S. The highest BCUT2D eigenvalue weighted by Gasteiger charge is 2.39. The van der Waals surface area contributed by atoms with E-state index in [4.69, 9.17) is 9.47 Å². The number of fused-ring (bicyclic) bond motifs is 1.